The van der Waals surface area contributed by atoms with E-state index in [1.54, 1.807) is 18.2 Å². The molecule has 0 aliphatic carbocycles. The van der Waals surface area contributed by atoms with Crippen molar-refractivity contribution < 1.29 is 74.1 Å². The number of benzene rings is 2. The number of rotatable bonds is 13. The molecule has 0 heterocycles. The van der Waals surface area contributed by atoms with Crippen LogP contribution >= 0.6 is 12.6 Å². The Morgan fingerprint density at radius 2 is 1.37 bits per heavy atom. The second kappa shape index (κ2) is 19.6. The van der Waals surface area contributed by atoms with Crippen LogP contribution in [0.3, 0.4) is 0 Å². The number of hydrogen-bond acceptors (Lipinski definition) is 10. The minimum Gasteiger partial charge on any atom is -0.480 e. The number of nitrogens with two attached hydrogens (primary N) is 1. The molecule has 0 saturated heterocycles. The Kier molecular flexibility index (Phi) is 17.9. The molecule has 8 N–H and O–H groups in total. The Labute approximate surface area is 280 Å². The summed E-state index contributed by atoms with van der Waals surface area (Å²) in [5, 5.41) is 29.7. The number of halogens is 6. The number of sulfonamides is 1. The highest BCUT2D eigenvalue weighted by Crippen LogP contribution is 2.30. The third-order valence-corrected chi connectivity index (χ3v) is 7.58. The number of aliphatic carboxylic acids is 3. The Morgan fingerprint density at radius 3 is 1.82 bits per heavy atom. The van der Waals surface area contributed by atoms with E-state index in [2.05, 4.69) is 28.0 Å². The van der Waals surface area contributed by atoms with Gasteiger partial charge in [0, 0.05) is 55.8 Å². The highest BCUT2D eigenvalue weighted by atomic mass is 32.2. The highest BCUT2D eigenvalue weighted by molar-refractivity contribution is 7.89. The van der Waals surface area contributed by atoms with Crippen LogP contribution in [0.2, 0.25) is 0 Å². The summed E-state index contributed by atoms with van der Waals surface area (Å²) in [5.41, 5.74) is 6.40. The van der Waals surface area contributed by atoms with Gasteiger partial charge in [-0.3, -0.25) is 9.59 Å². The molecule has 2 aromatic rings. The Hall–Kier alpha value is -4.35. The lowest BCUT2D eigenvalue weighted by Gasteiger charge is -2.17. The first-order valence-corrected chi connectivity index (χ1v) is 15.4. The van der Waals surface area contributed by atoms with Gasteiger partial charge < -0.3 is 36.6 Å². The molecule has 2 rings (SSSR count). The monoisotopic (exact) mass is 753 g/mol. The first-order valence-electron chi connectivity index (χ1n) is 13.3. The topological polar surface area (TPSA) is 246 Å². The molecule has 0 radical (unpaired) electrons. The molecular formula is C26H33F6N5O10S2. The van der Waals surface area contributed by atoms with Crippen LogP contribution < -0.4 is 26.0 Å². The molecule has 23 heteroatoms. The van der Waals surface area contributed by atoms with Gasteiger partial charge in [-0.25, -0.2) is 27.5 Å². The van der Waals surface area contributed by atoms with Crippen molar-refractivity contribution in [2.24, 2.45) is 5.73 Å². The molecule has 0 unspecified atom stereocenters. The smallest absolute Gasteiger partial charge is 0.480 e. The van der Waals surface area contributed by atoms with Crippen LogP contribution in [0.25, 0.3) is 10.8 Å². The second-order valence-corrected chi connectivity index (χ2v) is 11.7. The third kappa shape index (κ3) is 16.1. The number of nitrogens with zero attached hydrogens (tertiary/aromatic N) is 1. The van der Waals surface area contributed by atoms with Crippen LogP contribution in [0.5, 0.6) is 0 Å². The van der Waals surface area contributed by atoms with E-state index in [0.29, 0.717) is 5.39 Å². The molecule has 2 atom stereocenters. The van der Waals surface area contributed by atoms with Crippen LogP contribution in [-0.4, -0.2) is 111 Å². The zero-order valence-electron chi connectivity index (χ0n) is 25.5. The molecule has 0 bridgehead atoms. The summed E-state index contributed by atoms with van der Waals surface area (Å²) in [6, 6.07) is 8.22. The average Bonchev–Trinajstić information content (AvgIpc) is 2.99. The van der Waals surface area contributed by atoms with Crippen molar-refractivity contribution in [2.75, 3.05) is 37.8 Å². The molecule has 276 valence electrons. The van der Waals surface area contributed by atoms with Gasteiger partial charge in [-0.05, 0) is 18.6 Å². The van der Waals surface area contributed by atoms with E-state index >= 15 is 0 Å². The summed E-state index contributed by atoms with van der Waals surface area (Å²) in [7, 11) is -0.101. The summed E-state index contributed by atoms with van der Waals surface area (Å²) in [6.07, 6.45) is -10.5. The van der Waals surface area contributed by atoms with Crippen molar-refractivity contribution in [3.05, 3.63) is 36.4 Å². The summed E-state index contributed by atoms with van der Waals surface area (Å²) in [4.78, 5) is 55.0. The zero-order valence-corrected chi connectivity index (χ0v) is 27.2. The van der Waals surface area contributed by atoms with Crippen molar-refractivity contribution >= 4 is 68.8 Å². The number of thiol groups is 1. The van der Waals surface area contributed by atoms with E-state index in [1.165, 1.54) is 6.07 Å². The number of fused-ring (bicyclic) bond motifs is 1. The van der Waals surface area contributed by atoms with Gasteiger partial charge >= 0.3 is 30.3 Å². The lowest BCUT2D eigenvalue weighted by molar-refractivity contribution is -0.193. The fourth-order valence-corrected chi connectivity index (χ4v) is 4.75. The maximum Gasteiger partial charge on any atom is 0.490 e. The largest absolute Gasteiger partial charge is 0.490 e. The van der Waals surface area contributed by atoms with Crippen molar-refractivity contribution in [2.45, 2.75) is 42.2 Å². The third-order valence-electron chi connectivity index (χ3n) is 5.66. The number of carbonyl (C=O) groups is 5. The Bertz CT molecular complexity index is 1550. The molecule has 2 aromatic carbocycles. The lowest BCUT2D eigenvalue weighted by atomic mass is 10.1. The number of alkyl halides is 6. The van der Waals surface area contributed by atoms with Gasteiger partial charge in [0.2, 0.25) is 21.8 Å². The van der Waals surface area contributed by atoms with Gasteiger partial charge in [-0.15, -0.1) is 0 Å². The summed E-state index contributed by atoms with van der Waals surface area (Å²) in [6.45, 7) is -0.0614. The molecular weight excluding hydrogens is 720 g/mol. The van der Waals surface area contributed by atoms with E-state index in [0.717, 1.165) is 11.1 Å². The standard InChI is InChI=1S/C22H31N5O6S2.2C2HF3O2/c1-27(2)18-7-3-6-15-14(18)5-4-8-19(15)35(32,33)25-12-11-24-20(28)10-9-17(22(30)31)26-21(29)16(23)13-34;2*3-2(4,5)1(6)7/h3-8,16-17,25,34H,9-13,23H2,1-2H3,(H,24,28)(H,26,29)(H,30,31);2*(H,6,7)/t16-,17-;;/m0../s1. The van der Waals surface area contributed by atoms with E-state index < -0.39 is 64.2 Å². The molecule has 0 aromatic heterocycles. The number of nitrogens with one attached hydrogen (secondary N) is 3. The second-order valence-electron chi connectivity index (χ2n) is 9.60. The maximum atomic E-state index is 12.9. The molecule has 0 fully saturated rings. The molecule has 2 amide bonds. The quantitative estimate of drug-likeness (QED) is 0.0817. The van der Waals surface area contributed by atoms with Gasteiger partial charge in [0.15, 0.2) is 0 Å². The van der Waals surface area contributed by atoms with Crippen molar-refractivity contribution in [1.82, 2.24) is 15.4 Å². The zero-order chi connectivity index (χ0) is 38.3. The maximum absolute atomic E-state index is 12.9. The average molecular weight is 754 g/mol. The Morgan fingerprint density at radius 1 is 0.878 bits per heavy atom. The predicted octanol–water partition coefficient (Wildman–Crippen LogP) is 1.17. The molecule has 49 heavy (non-hydrogen) atoms. The van der Waals surface area contributed by atoms with E-state index in [9.17, 15) is 54.3 Å². The Balaban J connectivity index is 0.00000137. The van der Waals surface area contributed by atoms with Crippen LogP contribution in [0.1, 0.15) is 12.8 Å². The molecule has 0 aliphatic heterocycles. The molecule has 0 saturated carbocycles. The highest BCUT2D eigenvalue weighted by Gasteiger charge is 2.39. The lowest BCUT2D eigenvalue weighted by Crippen LogP contribution is -2.49. The normalized spacial score (nSPS) is 12.6. The predicted molar refractivity (Wildman–Crippen MR) is 164 cm³/mol. The summed E-state index contributed by atoms with van der Waals surface area (Å²) < 4.78 is 91.7. The van der Waals surface area contributed by atoms with Gasteiger partial charge in [0.25, 0.3) is 0 Å². The minimum atomic E-state index is -5.08. The van der Waals surface area contributed by atoms with Gasteiger partial charge in [0.05, 0.1) is 10.9 Å². The van der Waals surface area contributed by atoms with Crippen LogP contribution in [0.4, 0.5) is 32.0 Å². The van der Waals surface area contributed by atoms with Crippen molar-refractivity contribution in [1.29, 1.82) is 0 Å². The van der Waals surface area contributed by atoms with Gasteiger partial charge in [-0.1, -0.05) is 24.3 Å². The molecule has 15 nitrogen and oxygen atoms in total. The van der Waals surface area contributed by atoms with Crippen LogP contribution in [0, 0.1) is 0 Å². The number of carboxylic acid groups (broad SMARTS) is 3. The first kappa shape index (κ1) is 44.6. The van der Waals surface area contributed by atoms with Crippen LogP contribution in [0.15, 0.2) is 41.3 Å². The number of carboxylic acids is 3. The minimum absolute atomic E-state index is 0.000398. The number of amides is 2. The SMILES string of the molecule is CN(C)c1cccc2c(S(=O)(=O)NCCNC(=O)CC[C@H](NC(=O)[C@@H](N)CS)C(=O)O)cccc12.O=C(O)C(F)(F)F.O=C(O)C(F)(F)F. The molecule has 0 spiro atoms. The number of anilines is 1. The van der Waals surface area contributed by atoms with Gasteiger partial charge in [0.1, 0.15) is 6.04 Å². The first-order chi connectivity index (χ1) is 22.4. The van der Waals surface area contributed by atoms with E-state index in [-0.39, 0.29) is 36.6 Å². The summed E-state index contributed by atoms with van der Waals surface area (Å²) >= 11 is 3.89. The number of carbonyl (C=O) groups excluding carboxylic acids is 2. The van der Waals surface area contributed by atoms with E-state index in [1.807, 2.05) is 31.1 Å². The van der Waals surface area contributed by atoms with Crippen molar-refractivity contribution in [3.8, 4) is 0 Å². The molecule has 0 aliphatic rings. The van der Waals surface area contributed by atoms with E-state index in [4.69, 9.17) is 25.5 Å². The number of hydrogen-bond donors (Lipinski definition) is 8. The summed E-state index contributed by atoms with van der Waals surface area (Å²) in [5.74, 6) is -7.92. The van der Waals surface area contributed by atoms with Gasteiger partial charge in [-0.2, -0.15) is 39.0 Å². The fraction of sp³-hybridized carbons (Fsp3) is 0.423. The van der Waals surface area contributed by atoms with Crippen LogP contribution in [-0.2, 0) is 34.0 Å². The fourth-order valence-electron chi connectivity index (χ4n) is 3.34. The van der Waals surface area contributed by atoms with Crippen molar-refractivity contribution in [3.63, 3.8) is 0 Å².